The minimum Gasteiger partial charge on any atom is -0.480 e. The van der Waals surface area contributed by atoms with Gasteiger partial charge in [-0.3, -0.25) is 4.79 Å². The molecule has 0 aliphatic rings. The molecule has 2 nitrogen and oxygen atoms in total. The first kappa shape index (κ1) is 11.2. The second kappa shape index (κ2) is 6.85. The standard InChI is InChI=1S/C7H14O2S2/c1-3-5-6(7(8)9)11-10-4-2/h6H,3-5H2,1-2H3,(H,8,9). The minimum atomic E-state index is -0.683. The van der Waals surface area contributed by atoms with Crippen molar-refractivity contribution in [3.05, 3.63) is 0 Å². The van der Waals surface area contributed by atoms with Crippen molar-refractivity contribution in [2.45, 2.75) is 31.9 Å². The van der Waals surface area contributed by atoms with E-state index in [1.807, 2.05) is 13.8 Å². The summed E-state index contributed by atoms with van der Waals surface area (Å²) in [6.45, 7) is 4.04. The number of rotatable bonds is 6. The highest BCUT2D eigenvalue weighted by Crippen LogP contribution is 2.29. The largest absolute Gasteiger partial charge is 0.480 e. The molecule has 66 valence electrons. The molecule has 0 rings (SSSR count). The Morgan fingerprint density at radius 1 is 1.55 bits per heavy atom. The molecule has 0 saturated heterocycles. The molecule has 0 radical (unpaired) electrons. The Morgan fingerprint density at radius 3 is 2.55 bits per heavy atom. The molecule has 4 heteroatoms. The molecule has 0 aromatic heterocycles. The molecule has 11 heavy (non-hydrogen) atoms. The first-order valence-electron chi connectivity index (χ1n) is 3.73. The third-order valence-electron chi connectivity index (χ3n) is 1.13. The normalized spacial score (nSPS) is 12.9. The van der Waals surface area contributed by atoms with E-state index in [1.54, 1.807) is 10.8 Å². The zero-order valence-corrected chi connectivity index (χ0v) is 8.50. The van der Waals surface area contributed by atoms with Crippen molar-refractivity contribution in [2.24, 2.45) is 0 Å². The monoisotopic (exact) mass is 194 g/mol. The molecule has 0 heterocycles. The van der Waals surface area contributed by atoms with Gasteiger partial charge in [0.25, 0.3) is 0 Å². The van der Waals surface area contributed by atoms with Gasteiger partial charge in [-0.2, -0.15) is 0 Å². The van der Waals surface area contributed by atoms with Gasteiger partial charge in [0.15, 0.2) is 0 Å². The van der Waals surface area contributed by atoms with Crippen LogP contribution in [0.1, 0.15) is 26.7 Å². The van der Waals surface area contributed by atoms with E-state index in [0.717, 1.165) is 18.6 Å². The summed E-state index contributed by atoms with van der Waals surface area (Å²) in [5.74, 6) is 0.288. The maximum atomic E-state index is 10.6. The van der Waals surface area contributed by atoms with Crippen LogP contribution < -0.4 is 0 Å². The zero-order chi connectivity index (χ0) is 8.69. The van der Waals surface area contributed by atoms with E-state index in [1.165, 1.54) is 10.8 Å². The third-order valence-corrected chi connectivity index (χ3v) is 3.98. The quantitative estimate of drug-likeness (QED) is 0.660. The van der Waals surface area contributed by atoms with Crippen LogP contribution in [0.5, 0.6) is 0 Å². The molecule has 0 aromatic carbocycles. The van der Waals surface area contributed by atoms with Crippen LogP contribution in [0.4, 0.5) is 0 Å². The van der Waals surface area contributed by atoms with Gasteiger partial charge in [-0.1, -0.05) is 41.9 Å². The van der Waals surface area contributed by atoms with E-state index in [4.69, 9.17) is 5.11 Å². The van der Waals surface area contributed by atoms with Crippen molar-refractivity contribution in [1.29, 1.82) is 0 Å². The van der Waals surface area contributed by atoms with Crippen LogP contribution in [0.15, 0.2) is 0 Å². The van der Waals surface area contributed by atoms with Crippen molar-refractivity contribution < 1.29 is 9.90 Å². The first-order chi connectivity index (χ1) is 5.22. The molecule has 1 N–H and O–H groups in total. The Labute approximate surface area is 75.5 Å². The van der Waals surface area contributed by atoms with Gasteiger partial charge in [0, 0.05) is 5.75 Å². The number of carboxylic acids is 1. The van der Waals surface area contributed by atoms with Gasteiger partial charge >= 0.3 is 5.97 Å². The minimum absolute atomic E-state index is 0.218. The summed E-state index contributed by atoms with van der Waals surface area (Å²) < 4.78 is 0. The average Bonchev–Trinajstić information content (AvgIpc) is 1.97. The zero-order valence-electron chi connectivity index (χ0n) is 6.87. The van der Waals surface area contributed by atoms with Crippen molar-refractivity contribution in [3.8, 4) is 0 Å². The smallest absolute Gasteiger partial charge is 0.317 e. The number of hydrogen-bond donors (Lipinski definition) is 1. The molecule has 0 amide bonds. The van der Waals surface area contributed by atoms with Crippen molar-refractivity contribution in [2.75, 3.05) is 5.75 Å². The summed E-state index contributed by atoms with van der Waals surface area (Å²) >= 11 is 0. The number of aliphatic carboxylic acids is 1. The van der Waals surface area contributed by atoms with E-state index in [0.29, 0.717) is 0 Å². The Hall–Kier alpha value is 0.170. The molecule has 0 aliphatic heterocycles. The molecule has 0 aromatic rings. The van der Waals surface area contributed by atoms with E-state index in [-0.39, 0.29) is 5.25 Å². The van der Waals surface area contributed by atoms with E-state index >= 15 is 0 Å². The van der Waals surface area contributed by atoms with E-state index < -0.39 is 5.97 Å². The van der Waals surface area contributed by atoms with Crippen LogP contribution in [-0.4, -0.2) is 22.1 Å². The molecule has 1 atom stereocenters. The average molecular weight is 194 g/mol. The highest BCUT2D eigenvalue weighted by molar-refractivity contribution is 8.77. The van der Waals surface area contributed by atoms with Gasteiger partial charge in [-0.25, -0.2) is 0 Å². The van der Waals surface area contributed by atoms with Crippen LogP contribution >= 0.6 is 21.6 Å². The predicted octanol–water partition coefficient (Wildman–Crippen LogP) is 2.64. The predicted molar refractivity (Wildman–Crippen MR) is 52.1 cm³/mol. The van der Waals surface area contributed by atoms with Gasteiger partial charge in [-0.15, -0.1) is 0 Å². The lowest BCUT2D eigenvalue weighted by molar-refractivity contribution is -0.136. The first-order valence-corrected chi connectivity index (χ1v) is 6.11. The maximum Gasteiger partial charge on any atom is 0.317 e. The van der Waals surface area contributed by atoms with Crippen LogP contribution in [0.3, 0.4) is 0 Å². The Morgan fingerprint density at radius 2 is 2.18 bits per heavy atom. The van der Waals surface area contributed by atoms with Crippen LogP contribution in [0.25, 0.3) is 0 Å². The summed E-state index contributed by atoms with van der Waals surface area (Å²) in [6.07, 6.45) is 1.71. The third kappa shape index (κ3) is 5.44. The Balaban J connectivity index is 3.60. The molecule has 0 spiro atoms. The number of hydrogen-bond acceptors (Lipinski definition) is 3. The molecule has 0 fully saturated rings. The summed E-state index contributed by atoms with van der Waals surface area (Å²) in [6, 6.07) is 0. The lowest BCUT2D eigenvalue weighted by atomic mass is 10.2. The summed E-state index contributed by atoms with van der Waals surface area (Å²) in [4.78, 5) is 10.6. The van der Waals surface area contributed by atoms with Crippen molar-refractivity contribution >= 4 is 27.6 Å². The van der Waals surface area contributed by atoms with Crippen molar-refractivity contribution in [1.82, 2.24) is 0 Å². The fraction of sp³-hybridized carbons (Fsp3) is 0.857. The number of carbonyl (C=O) groups is 1. The van der Waals surface area contributed by atoms with Gasteiger partial charge in [0.1, 0.15) is 5.25 Å². The highest BCUT2D eigenvalue weighted by Gasteiger charge is 2.16. The molecular weight excluding hydrogens is 180 g/mol. The SMILES string of the molecule is CCCC(SSCC)C(=O)O. The Bertz CT molecular complexity index is 117. The fourth-order valence-electron chi connectivity index (χ4n) is 0.625. The fourth-order valence-corrected chi connectivity index (χ4v) is 2.78. The van der Waals surface area contributed by atoms with E-state index in [2.05, 4.69) is 0 Å². The second-order valence-electron chi connectivity index (χ2n) is 2.12. The molecule has 0 aliphatic carbocycles. The summed E-state index contributed by atoms with van der Waals surface area (Å²) in [7, 11) is 3.09. The topological polar surface area (TPSA) is 37.3 Å². The van der Waals surface area contributed by atoms with Crippen molar-refractivity contribution in [3.63, 3.8) is 0 Å². The van der Waals surface area contributed by atoms with Gasteiger partial charge < -0.3 is 5.11 Å². The molecule has 1 unspecified atom stereocenters. The molecular formula is C7H14O2S2. The maximum absolute atomic E-state index is 10.6. The summed E-state index contributed by atoms with van der Waals surface area (Å²) in [5.41, 5.74) is 0. The van der Waals surface area contributed by atoms with Gasteiger partial charge in [0.2, 0.25) is 0 Å². The lowest BCUT2D eigenvalue weighted by Crippen LogP contribution is -2.14. The highest BCUT2D eigenvalue weighted by atomic mass is 33.1. The van der Waals surface area contributed by atoms with E-state index in [9.17, 15) is 4.79 Å². The van der Waals surface area contributed by atoms with Crippen LogP contribution in [-0.2, 0) is 4.79 Å². The number of carboxylic acid groups (broad SMARTS) is 1. The molecule has 0 saturated carbocycles. The Kier molecular flexibility index (Phi) is 6.96. The van der Waals surface area contributed by atoms with Crippen LogP contribution in [0, 0.1) is 0 Å². The second-order valence-corrected chi connectivity index (χ2v) is 4.98. The summed E-state index contributed by atoms with van der Waals surface area (Å²) in [5, 5.41) is 8.48. The lowest BCUT2D eigenvalue weighted by Gasteiger charge is -2.07. The van der Waals surface area contributed by atoms with Gasteiger partial charge in [-0.05, 0) is 6.42 Å². The van der Waals surface area contributed by atoms with Gasteiger partial charge in [0.05, 0.1) is 0 Å². The van der Waals surface area contributed by atoms with Crippen LogP contribution in [0.2, 0.25) is 0 Å². The molecule has 0 bridgehead atoms.